The first kappa shape index (κ1) is 6.55. The van der Waals surface area contributed by atoms with Crippen molar-refractivity contribution in [2.24, 2.45) is 5.92 Å². The van der Waals surface area contributed by atoms with Gasteiger partial charge < -0.3 is 15.2 Å². The van der Waals surface area contributed by atoms with Crippen molar-refractivity contribution in [3.63, 3.8) is 0 Å². The first-order chi connectivity index (χ1) is 4.30. The van der Waals surface area contributed by atoms with Crippen LogP contribution in [0, 0.1) is 5.92 Å². The minimum Gasteiger partial charge on any atom is -0.550 e. The molecule has 3 heteroatoms. The van der Waals surface area contributed by atoms with Gasteiger partial charge in [0.25, 0.3) is 0 Å². The summed E-state index contributed by atoms with van der Waals surface area (Å²) >= 11 is 0. The second-order valence-electron chi connectivity index (χ2n) is 2.36. The average molecular weight is 128 g/mol. The number of carboxylic acids is 1. The molecule has 1 aliphatic heterocycles. The van der Waals surface area contributed by atoms with Crippen LogP contribution in [0.25, 0.3) is 0 Å². The summed E-state index contributed by atoms with van der Waals surface area (Å²) in [7, 11) is 0. The summed E-state index contributed by atoms with van der Waals surface area (Å²) in [5, 5.41) is 13.2. The zero-order chi connectivity index (χ0) is 6.69. The zero-order valence-corrected chi connectivity index (χ0v) is 5.22. The van der Waals surface area contributed by atoms with Crippen LogP contribution in [0.2, 0.25) is 0 Å². The first-order valence-corrected chi connectivity index (χ1v) is 3.22. The van der Waals surface area contributed by atoms with Gasteiger partial charge in [0.05, 0.1) is 0 Å². The summed E-state index contributed by atoms with van der Waals surface area (Å²) in [5.41, 5.74) is 0. The van der Waals surface area contributed by atoms with Crippen molar-refractivity contribution in [2.75, 3.05) is 13.1 Å². The molecule has 1 N–H and O–H groups in total. The normalized spacial score (nSPS) is 27.8. The Labute approximate surface area is 54.1 Å². The average Bonchev–Trinajstić information content (AvgIpc) is 1.90. The van der Waals surface area contributed by atoms with Crippen molar-refractivity contribution < 1.29 is 9.90 Å². The molecule has 1 aliphatic rings. The molecule has 0 bridgehead atoms. The van der Waals surface area contributed by atoms with Gasteiger partial charge >= 0.3 is 0 Å². The molecule has 0 aromatic heterocycles. The van der Waals surface area contributed by atoms with E-state index in [0.717, 1.165) is 19.4 Å². The molecule has 0 spiro atoms. The number of aliphatic carboxylic acids is 1. The third-order valence-corrected chi connectivity index (χ3v) is 1.63. The molecule has 1 rings (SSSR count). The highest BCUT2D eigenvalue weighted by atomic mass is 16.4. The number of carboxylic acid groups (broad SMARTS) is 1. The van der Waals surface area contributed by atoms with E-state index >= 15 is 0 Å². The predicted octanol–water partition coefficient (Wildman–Crippen LogP) is -1.26. The van der Waals surface area contributed by atoms with Gasteiger partial charge in [-0.25, -0.2) is 0 Å². The van der Waals surface area contributed by atoms with E-state index in [1.165, 1.54) is 0 Å². The molecule has 1 heterocycles. The van der Waals surface area contributed by atoms with E-state index < -0.39 is 5.97 Å². The number of hydrogen-bond donors (Lipinski definition) is 1. The number of carbonyl (C=O) groups is 1. The predicted molar refractivity (Wildman–Crippen MR) is 30.6 cm³/mol. The molecule has 0 saturated carbocycles. The lowest BCUT2D eigenvalue weighted by Crippen LogP contribution is -2.41. The Hall–Kier alpha value is -0.570. The van der Waals surface area contributed by atoms with Crippen molar-refractivity contribution in [1.29, 1.82) is 0 Å². The topological polar surface area (TPSA) is 52.2 Å². The van der Waals surface area contributed by atoms with Crippen molar-refractivity contribution in [3.05, 3.63) is 0 Å². The van der Waals surface area contributed by atoms with Crippen LogP contribution in [0.5, 0.6) is 0 Å². The second-order valence-corrected chi connectivity index (χ2v) is 2.36. The molecule has 1 saturated heterocycles. The van der Waals surface area contributed by atoms with Crippen LogP contribution in [0.4, 0.5) is 0 Å². The van der Waals surface area contributed by atoms with Crippen LogP contribution in [-0.2, 0) is 4.79 Å². The van der Waals surface area contributed by atoms with E-state index in [2.05, 4.69) is 5.32 Å². The van der Waals surface area contributed by atoms with Gasteiger partial charge in [-0.05, 0) is 19.4 Å². The molecule has 1 atom stereocenters. The standard InChI is InChI=1S/C6H11NO2/c8-6(9)5-2-1-3-7-4-5/h5,7H,1-4H2,(H,8,9)/p-1/t5-/m1/s1. The van der Waals surface area contributed by atoms with Gasteiger partial charge in [0.15, 0.2) is 0 Å². The summed E-state index contributed by atoms with van der Waals surface area (Å²) in [5.74, 6) is -1.17. The van der Waals surface area contributed by atoms with Crippen molar-refractivity contribution in [2.45, 2.75) is 12.8 Å². The lowest BCUT2D eigenvalue weighted by molar-refractivity contribution is -0.311. The molecule has 1 fully saturated rings. The fourth-order valence-corrected chi connectivity index (χ4v) is 1.05. The zero-order valence-electron chi connectivity index (χ0n) is 5.22. The van der Waals surface area contributed by atoms with E-state index in [0.29, 0.717) is 6.54 Å². The first-order valence-electron chi connectivity index (χ1n) is 3.22. The molecule has 0 aromatic carbocycles. The van der Waals surface area contributed by atoms with Gasteiger partial charge in [0.1, 0.15) is 0 Å². The van der Waals surface area contributed by atoms with Crippen LogP contribution in [0.1, 0.15) is 12.8 Å². The lowest BCUT2D eigenvalue weighted by atomic mass is 10.0. The molecule has 3 nitrogen and oxygen atoms in total. The van der Waals surface area contributed by atoms with E-state index in [-0.39, 0.29) is 5.92 Å². The van der Waals surface area contributed by atoms with Crippen LogP contribution in [-0.4, -0.2) is 19.1 Å². The molecule has 0 aromatic rings. The molecular weight excluding hydrogens is 118 g/mol. The quantitative estimate of drug-likeness (QED) is 0.479. The second kappa shape index (κ2) is 2.82. The summed E-state index contributed by atoms with van der Waals surface area (Å²) < 4.78 is 0. The Morgan fingerprint density at radius 1 is 1.67 bits per heavy atom. The third kappa shape index (κ3) is 1.68. The maximum absolute atomic E-state index is 10.2. The van der Waals surface area contributed by atoms with Crippen LogP contribution >= 0.6 is 0 Å². The van der Waals surface area contributed by atoms with E-state index in [9.17, 15) is 9.90 Å². The maximum atomic E-state index is 10.2. The van der Waals surface area contributed by atoms with Crippen LogP contribution < -0.4 is 10.4 Å². The lowest BCUT2D eigenvalue weighted by Gasteiger charge is -2.22. The highest BCUT2D eigenvalue weighted by molar-refractivity contribution is 5.67. The minimum atomic E-state index is -0.915. The smallest absolute Gasteiger partial charge is 0.0458 e. The maximum Gasteiger partial charge on any atom is 0.0458 e. The molecular formula is C6H10NO2-. The monoisotopic (exact) mass is 128 g/mol. The van der Waals surface area contributed by atoms with Crippen LogP contribution in [0.3, 0.4) is 0 Å². The van der Waals surface area contributed by atoms with E-state index in [1.807, 2.05) is 0 Å². The highest BCUT2D eigenvalue weighted by Crippen LogP contribution is 2.07. The van der Waals surface area contributed by atoms with Gasteiger partial charge in [-0.3, -0.25) is 0 Å². The Morgan fingerprint density at radius 3 is 2.78 bits per heavy atom. The van der Waals surface area contributed by atoms with Crippen molar-refractivity contribution in [3.8, 4) is 0 Å². The summed E-state index contributed by atoms with van der Waals surface area (Å²) in [6.07, 6.45) is 1.73. The summed E-state index contributed by atoms with van der Waals surface area (Å²) in [6, 6.07) is 0. The summed E-state index contributed by atoms with van der Waals surface area (Å²) in [6.45, 7) is 1.53. The molecule has 0 aliphatic carbocycles. The Morgan fingerprint density at radius 2 is 2.44 bits per heavy atom. The van der Waals surface area contributed by atoms with Gasteiger partial charge in [-0.15, -0.1) is 0 Å². The number of rotatable bonds is 1. The number of carbonyl (C=O) groups excluding carboxylic acids is 1. The van der Waals surface area contributed by atoms with Gasteiger partial charge in [-0.2, -0.15) is 0 Å². The fraction of sp³-hybridized carbons (Fsp3) is 0.833. The number of hydrogen-bond acceptors (Lipinski definition) is 3. The molecule has 0 radical (unpaired) electrons. The Bertz CT molecular complexity index is 108. The Balaban J connectivity index is 2.31. The molecule has 0 amide bonds. The van der Waals surface area contributed by atoms with Crippen LogP contribution in [0.15, 0.2) is 0 Å². The summed E-state index contributed by atoms with van der Waals surface area (Å²) in [4.78, 5) is 10.2. The number of nitrogens with one attached hydrogen (secondary N) is 1. The minimum absolute atomic E-state index is 0.251. The van der Waals surface area contributed by atoms with Gasteiger partial charge in [-0.1, -0.05) is 0 Å². The fourth-order valence-electron chi connectivity index (χ4n) is 1.05. The van der Waals surface area contributed by atoms with Crippen molar-refractivity contribution in [1.82, 2.24) is 5.32 Å². The highest BCUT2D eigenvalue weighted by Gasteiger charge is 2.12. The van der Waals surface area contributed by atoms with E-state index in [4.69, 9.17) is 0 Å². The number of piperidine rings is 1. The van der Waals surface area contributed by atoms with Gasteiger partial charge in [0.2, 0.25) is 0 Å². The SMILES string of the molecule is O=C([O-])[C@@H]1CCCNC1. The van der Waals surface area contributed by atoms with E-state index in [1.54, 1.807) is 0 Å². The third-order valence-electron chi connectivity index (χ3n) is 1.63. The molecule has 52 valence electrons. The van der Waals surface area contributed by atoms with Crippen molar-refractivity contribution >= 4 is 5.97 Å². The largest absolute Gasteiger partial charge is 0.550 e. The molecule has 0 unspecified atom stereocenters. The van der Waals surface area contributed by atoms with Gasteiger partial charge in [0, 0.05) is 18.4 Å². The Kier molecular flexibility index (Phi) is 2.05. The molecule has 9 heavy (non-hydrogen) atoms.